The van der Waals surface area contributed by atoms with E-state index in [1.165, 1.54) is 6.20 Å². The van der Waals surface area contributed by atoms with Gasteiger partial charge in [0.2, 0.25) is 5.95 Å². The lowest BCUT2D eigenvalue weighted by molar-refractivity contribution is 0.340. The van der Waals surface area contributed by atoms with Crippen LogP contribution >= 0.6 is 0 Å². The highest BCUT2D eigenvalue weighted by atomic mass is 32.2. The predicted octanol–water partition coefficient (Wildman–Crippen LogP) is 2.22. The van der Waals surface area contributed by atoms with Crippen LogP contribution in [0.2, 0.25) is 0 Å². The summed E-state index contributed by atoms with van der Waals surface area (Å²) in [5.74, 6) is 0.892. The second-order valence-corrected chi connectivity index (χ2v) is 8.20. The van der Waals surface area contributed by atoms with Gasteiger partial charge < -0.3 is 26.1 Å². The van der Waals surface area contributed by atoms with Gasteiger partial charge in [0.15, 0.2) is 5.75 Å². The van der Waals surface area contributed by atoms with Gasteiger partial charge in [-0.25, -0.2) is 4.98 Å². The summed E-state index contributed by atoms with van der Waals surface area (Å²) in [4.78, 5) is 7.92. The van der Waals surface area contributed by atoms with Crippen molar-refractivity contribution in [2.24, 2.45) is 0 Å². The first-order valence-corrected chi connectivity index (χ1v) is 10.9. The van der Waals surface area contributed by atoms with Gasteiger partial charge in [-0.1, -0.05) is 12.1 Å². The first-order chi connectivity index (χ1) is 14.2. The third kappa shape index (κ3) is 5.09. The molecule has 158 valence electrons. The Morgan fingerprint density at radius 2 is 1.80 bits per heavy atom. The lowest BCUT2D eigenvalue weighted by atomic mass is 9.98. The van der Waals surface area contributed by atoms with E-state index in [4.69, 9.17) is 26.1 Å². The van der Waals surface area contributed by atoms with Crippen molar-refractivity contribution < 1.29 is 17.3 Å². The van der Waals surface area contributed by atoms with Gasteiger partial charge in [-0.05, 0) is 42.3 Å². The van der Waals surface area contributed by atoms with Crippen LogP contribution in [0.1, 0.15) is 18.1 Å². The Morgan fingerprint density at radius 1 is 1.07 bits per heavy atom. The fourth-order valence-corrected chi connectivity index (χ4v) is 3.47. The maximum Gasteiger partial charge on any atom is 0.306 e. The lowest BCUT2D eigenvalue weighted by Gasteiger charge is -2.18. The van der Waals surface area contributed by atoms with Crippen molar-refractivity contribution in [2.45, 2.75) is 13.3 Å². The van der Waals surface area contributed by atoms with Gasteiger partial charge in [0, 0.05) is 23.9 Å². The molecule has 3 aromatic rings. The van der Waals surface area contributed by atoms with Crippen LogP contribution in [-0.2, 0) is 16.5 Å². The first kappa shape index (κ1) is 21.2. The lowest BCUT2D eigenvalue weighted by Crippen LogP contribution is -2.09. The van der Waals surface area contributed by atoms with E-state index in [0.29, 0.717) is 46.7 Å². The molecule has 9 nitrogen and oxygen atoms in total. The summed E-state index contributed by atoms with van der Waals surface area (Å²) >= 11 is 0. The van der Waals surface area contributed by atoms with Gasteiger partial charge in [0.05, 0.1) is 18.4 Å². The zero-order chi connectivity index (χ0) is 21.9. The van der Waals surface area contributed by atoms with E-state index < -0.39 is 10.1 Å². The topological polar surface area (TPSA) is 156 Å². The molecule has 1 aromatic heterocycles. The van der Waals surface area contributed by atoms with E-state index in [1.54, 1.807) is 36.4 Å². The van der Waals surface area contributed by atoms with E-state index in [2.05, 4.69) is 9.97 Å². The molecular weight excluding hydrogens is 406 g/mol. The van der Waals surface area contributed by atoms with Crippen molar-refractivity contribution in [1.82, 2.24) is 9.97 Å². The third-order valence-corrected chi connectivity index (χ3v) is 4.64. The molecule has 30 heavy (non-hydrogen) atoms. The van der Waals surface area contributed by atoms with Crippen molar-refractivity contribution in [3.8, 4) is 22.6 Å². The molecular formula is C20H23N5O4S. The number of nitrogen functional groups attached to an aromatic ring is 3. The quantitative estimate of drug-likeness (QED) is 0.378. The molecule has 0 aliphatic rings. The Morgan fingerprint density at radius 3 is 2.43 bits per heavy atom. The van der Waals surface area contributed by atoms with E-state index in [0.717, 1.165) is 6.26 Å². The molecule has 0 saturated carbocycles. The molecule has 0 aliphatic heterocycles. The second-order valence-electron chi connectivity index (χ2n) is 6.63. The van der Waals surface area contributed by atoms with Gasteiger partial charge in [0.25, 0.3) is 0 Å². The summed E-state index contributed by atoms with van der Waals surface area (Å²) in [6.07, 6.45) is 2.83. The summed E-state index contributed by atoms with van der Waals surface area (Å²) in [6, 6.07) is 10.4. The molecule has 6 N–H and O–H groups in total. The van der Waals surface area contributed by atoms with Crippen LogP contribution in [-0.4, -0.2) is 31.2 Å². The van der Waals surface area contributed by atoms with Gasteiger partial charge >= 0.3 is 10.1 Å². The fraction of sp³-hybridized carbons (Fsp3) is 0.200. The largest absolute Gasteiger partial charge is 0.493 e. The van der Waals surface area contributed by atoms with Crippen LogP contribution in [0, 0.1) is 0 Å². The SMILES string of the molecule is CCOc1cc(Cc2cnc(N)nc2N)cc(OS(C)(=O)=O)c1-c1cccc(N)c1. The molecule has 0 radical (unpaired) electrons. The number of aromatic nitrogens is 2. The van der Waals surface area contributed by atoms with Crippen molar-refractivity contribution in [3.05, 3.63) is 53.7 Å². The third-order valence-electron chi connectivity index (χ3n) is 4.15. The van der Waals surface area contributed by atoms with E-state index in [-0.39, 0.29) is 17.5 Å². The van der Waals surface area contributed by atoms with Crippen LogP contribution < -0.4 is 26.1 Å². The molecule has 1 heterocycles. The first-order valence-electron chi connectivity index (χ1n) is 9.08. The molecule has 0 spiro atoms. The Bertz CT molecular complexity index is 1180. The summed E-state index contributed by atoms with van der Waals surface area (Å²) < 4.78 is 35.0. The van der Waals surface area contributed by atoms with Crippen molar-refractivity contribution >= 4 is 27.6 Å². The molecule has 3 rings (SSSR count). The Kier molecular flexibility index (Phi) is 5.97. The van der Waals surface area contributed by atoms with Crippen LogP contribution in [0.25, 0.3) is 11.1 Å². The number of hydrogen-bond acceptors (Lipinski definition) is 9. The van der Waals surface area contributed by atoms with Gasteiger partial charge in [-0.2, -0.15) is 13.4 Å². The Labute approximate surface area is 175 Å². The summed E-state index contributed by atoms with van der Waals surface area (Å²) in [5.41, 5.74) is 20.4. The summed E-state index contributed by atoms with van der Waals surface area (Å²) in [6.45, 7) is 2.20. The standard InChI is InChI=1S/C20H23N5O4S/c1-3-28-16-8-12(7-14-11-24-20(23)25-19(14)22)9-17(29-30(2,26)27)18(16)13-5-4-6-15(21)10-13/h4-6,8-11H,3,7,21H2,1-2H3,(H4,22,23,24,25). The minimum absolute atomic E-state index is 0.0735. The molecule has 2 aromatic carbocycles. The number of benzene rings is 2. The average molecular weight is 430 g/mol. The van der Waals surface area contributed by atoms with Crippen molar-refractivity contribution in [2.75, 3.05) is 30.1 Å². The highest BCUT2D eigenvalue weighted by molar-refractivity contribution is 7.86. The van der Waals surface area contributed by atoms with Crippen LogP contribution in [0.15, 0.2) is 42.6 Å². The minimum atomic E-state index is -3.81. The molecule has 0 unspecified atom stereocenters. The van der Waals surface area contributed by atoms with Gasteiger partial charge in [-0.3, -0.25) is 0 Å². The Balaban J connectivity index is 2.18. The van der Waals surface area contributed by atoms with Crippen molar-refractivity contribution in [3.63, 3.8) is 0 Å². The van der Waals surface area contributed by atoms with Crippen LogP contribution in [0.4, 0.5) is 17.5 Å². The average Bonchev–Trinajstić information content (AvgIpc) is 2.63. The molecule has 0 aliphatic carbocycles. The zero-order valence-electron chi connectivity index (χ0n) is 16.6. The molecule has 0 saturated heterocycles. The second kappa shape index (κ2) is 8.46. The van der Waals surface area contributed by atoms with E-state index in [9.17, 15) is 8.42 Å². The fourth-order valence-electron chi connectivity index (χ4n) is 3.01. The number of nitrogens with two attached hydrogens (primary N) is 3. The molecule has 0 amide bonds. The molecule has 10 heteroatoms. The Hall–Kier alpha value is -3.53. The summed E-state index contributed by atoms with van der Waals surface area (Å²) in [5, 5.41) is 0. The maximum atomic E-state index is 11.9. The van der Waals surface area contributed by atoms with Gasteiger partial charge in [0.1, 0.15) is 11.6 Å². The molecule has 0 atom stereocenters. The highest BCUT2D eigenvalue weighted by Gasteiger charge is 2.20. The van der Waals surface area contributed by atoms with Crippen LogP contribution in [0.5, 0.6) is 11.5 Å². The van der Waals surface area contributed by atoms with Crippen LogP contribution in [0.3, 0.4) is 0 Å². The maximum absolute atomic E-state index is 11.9. The van der Waals surface area contributed by atoms with E-state index in [1.807, 2.05) is 6.92 Å². The number of anilines is 3. The monoisotopic (exact) mass is 429 g/mol. The minimum Gasteiger partial charge on any atom is -0.493 e. The number of rotatable bonds is 7. The molecule has 0 fully saturated rings. The predicted molar refractivity (Wildman–Crippen MR) is 117 cm³/mol. The normalized spacial score (nSPS) is 11.3. The smallest absolute Gasteiger partial charge is 0.306 e. The van der Waals surface area contributed by atoms with Crippen molar-refractivity contribution in [1.29, 1.82) is 0 Å². The van der Waals surface area contributed by atoms with Gasteiger partial charge in [-0.15, -0.1) is 0 Å². The summed E-state index contributed by atoms with van der Waals surface area (Å²) in [7, 11) is -3.81. The number of nitrogens with zero attached hydrogens (tertiary/aromatic N) is 2. The number of hydrogen-bond donors (Lipinski definition) is 3. The highest BCUT2D eigenvalue weighted by Crippen LogP contribution is 2.41. The van der Waals surface area contributed by atoms with E-state index >= 15 is 0 Å². The molecule has 0 bridgehead atoms. The number of ether oxygens (including phenoxy) is 1. The zero-order valence-corrected chi connectivity index (χ0v) is 17.4.